The predicted octanol–water partition coefficient (Wildman–Crippen LogP) is 3.87. The highest BCUT2D eigenvalue weighted by molar-refractivity contribution is 7.92. The number of ketones is 1. The van der Waals surface area contributed by atoms with Gasteiger partial charge < -0.3 is 0 Å². The molecule has 148 valence electrons. The third-order valence-electron chi connectivity index (χ3n) is 5.83. The van der Waals surface area contributed by atoms with E-state index < -0.39 is 10.0 Å². The van der Waals surface area contributed by atoms with Crippen molar-refractivity contribution in [3.63, 3.8) is 0 Å². The van der Waals surface area contributed by atoms with Gasteiger partial charge in [0.15, 0.2) is 5.78 Å². The first-order valence-corrected chi connectivity index (χ1v) is 11.3. The molecule has 3 heterocycles. The van der Waals surface area contributed by atoms with Crippen LogP contribution in [0.25, 0.3) is 22.0 Å². The van der Waals surface area contributed by atoms with E-state index in [1.54, 1.807) is 19.4 Å². The fourth-order valence-electron chi connectivity index (χ4n) is 4.00. The number of carbonyl (C=O) groups excluding carboxylic acids is 1. The lowest BCUT2D eigenvalue weighted by Crippen LogP contribution is -2.20. The van der Waals surface area contributed by atoms with Crippen LogP contribution in [-0.4, -0.2) is 31.2 Å². The van der Waals surface area contributed by atoms with Gasteiger partial charge in [0.2, 0.25) is 10.0 Å². The molecule has 0 radical (unpaired) electrons. The number of nitrogens with zero attached hydrogens (tertiary/aromatic N) is 3. The van der Waals surface area contributed by atoms with Crippen LogP contribution in [0.3, 0.4) is 0 Å². The number of anilines is 1. The van der Waals surface area contributed by atoms with Crippen molar-refractivity contribution in [2.45, 2.75) is 31.9 Å². The normalized spacial score (nSPS) is 17.5. The molecule has 0 spiro atoms. The van der Waals surface area contributed by atoms with E-state index in [-0.39, 0.29) is 11.5 Å². The Kier molecular flexibility index (Phi) is 4.00. The molecule has 29 heavy (non-hydrogen) atoms. The highest BCUT2D eigenvalue weighted by atomic mass is 32.2. The minimum absolute atomic E-state index is 0.0114. The van der Waals surface area contributed by atoms with E-state index in [2.05, 4.69) is 4.98 Å². The average molecular weight is 407 g/mol. The maximum Gasteiger partial charge on any atom is 0.239 e. The minimum atomic E-state index is -3.30. The molecule has 6 nitrogen and oxygen atoms in total. The summed E-state index contributed by atoms with van der Waals surface area (Å²) in [7, 11) is -1.73. The predicted molar refractivity (Wildman–Crippen MR) is 112 cm³/mol. The standard InChI is InChI=1S/C22H21N3O3S/c1-13-7-16-10-23-11-18(22(16)24-21(13)20(26)8-14-3-4-14)15-5-6-19-17(9-15)12-29(27,28)25(19)2/h5-7,9-11,14H,3-4,8,12H2,1-2H3. The van der Waals surface area contributed by atoms with Crippen molar-refractivity contribution in [2.24, 2.45) is 5.92 Å². The lowest BCUT2D eigenvalue weighted by atomic mass is 9.99. The number of aryl methyl sites for hydroxylation is 1. The van der Waals surface area contributed by atoms with Crippen LogP contribution < -0.4 is 4.31 Å². The topological polar surface area (TPSA) is 80.2 Å². The number of sulfonamides is 1. The Morgan fingerprint density at radius 3 is 2.76 bits per heavy atom. The maximum atomic E-state index is 12.7. The number of Topliss-reactive ketones (excluding diaryl/α,β-unsaturated/α-hetero) is 1. The van der Waals surface area contributed by atoms with E-state index in [0.29, 0.717) is 23.7 Å². The van der Waals surface area contributed by atoms with Crippen LogP contribution in [-0.2, 0) is 15.8 Å². The number of pyridine rings is 2. The highest BCUT2D eigenvalue weighted by Crippen LogP contribution is 2.37. The third-order valence-corrected chi connectivity index (χ3v) is 7.54. The van der Waals surface area contributed by atoms with E-state index in [9.17, 15) is 13.2 Å². The molecule has 3 aromatic rings. The Morgan fingerprint density at radius 2 is 2.00 bits per heavy atom. The zero-order valence-corrected chi connectivity index (χ0v) is 17.2. The number of benzene rings is 1. The zero-order valence-electron chi connectivity index (χ0n) is 16.3. The third kappa shape index (κ3) is 3.09. The van der Waals surface area contributed by atoms with Crippen molar-refractivity contribution in [3.05, 3.63) is 53.5 Å². The quantitative estimate of drug-likeness (QED) is 0.614. The number of hydrogen-bond acceptors (Lipinski definition) is 5. The Bertz CT molecular complexity index is 1280. The van der Waals surface area contributed by atoms with Crippen LogP contribution in [0.1, 0.15) is 40.9 Å². The van der Waals surface area contributed by atoms with E-state index in [1.165, 1.54) is 4.31 Å². The average Bonchev–Trinajstić information content (AvgIpc) is 3.46. The van der Waals surface area contributed by atoms with Crippen LogP contribution in [0.15, 0.2) is 36.7 Å². The number of aromatic nitrogens is 2. The van der Waals surface area contributed by atoms with Crippen molar-refractivity contribution in [2.75, 3.05) is 11.4 Å². The van der Waals surface area contributed by atoms with Gasteiger partial charge in [-0.1, -0.05) is 6.07 Å². The molecule has 1 aromatic carbocycles. The number of carbonyl (C=O) groups is 1. The van der Waals surface area contributed by atoms with Gasteiger partial charge >= 0.3 is 0 Å². The van der Waals surface area contributed by atoms with Gasteiger partial charge in [0, 0.05) is 36.8 Å². The van der Waals surface area contributed by atoms with Crippen LogP contribution in [0, 0.1) is 12.8 Å². The SMILES string of the molecule is Cc1cc2cncc(-c3ccc4c(c3)CS(=O)(=O)N4C)c2nc1C(=O)CC1CC1. The molecule has 0 bridgehead atoms. The summed E-state index contributed by atoms with van der Waals surface area (Å²) in [4.78, 5) is 21.8. The number of hydrogen-bond donors (Lipinski definition) is 0. The Balaban J connectivity index is 1.63. The maximum absolute atomic E-state index is 12.7. The van der Waals surface area contributed by atoms with Gasteiger partial charge in [0.1, 0.15) is 5.69 Å². The van der Waals surface area contributed by atoms with Gasteiger partial charge in [-0.05, 0) is 60.6 Å². The molecule has 5 rings (SSSR count). The molecule has 2 aromatic heterocycles. The number of rotatable bonds is 4. The van der Waals surface area contributed by atoms with Crippen LogP contribution in [0.4, 0.5) is 5.69 Å². The van der Waals surface area contributed by atoms with Gasteiger partial charge in [-0.25, -0.2) is 13.4 Å². The van der Waals surface area contributed by atoms with E-state index >= 15 is 0 Å². The molecule has 1 aliphatic carbocycles. The largest absolute Gasteiger partial charge is 0.292 e. The fourth-order valence-corrected chi connectivity index (χ4v) is 5.29. The Hall–Kier alpha value is -2.80. The fraction of sp³-hybridized carbons (Fsp3) is 0.318. The summed E-state index contributed by atoms with van der Waals surface area (Å²) in [6, 6.07) is 7.56. The molecule has 0 amide bonds. The monoisotopic (exact) mass is 407 g/mol. The lowest BCUT2D eigenvalue weighted by molar-refractivity contribution is 0.0971. The molecule has 1 fully saturated rings. The summed E-state index contributed by atoms with van der Waals surface area (Å²) in [6.07, 6.45) is 6.29. The van der Waals surface area contributed by atoms with Gasteiger partial charge in [-0.2, -0.15) is 0 Å². The summed E-state index contributed by atoms with van der Waals surface area (Å²) in [5.74, 6) is 0.589. The molecule has 2 aliphatic rings. The lowest BCUT2D eigenvalue weighted by Gasteiger charge is -2.12. The molecule has 1 saturated carbocycles. The first kappa shape index (κ1) is 18.2. The summed E-state index contributed by atoms with van der Waals surface area (Å²) >= 11 is 0. The van der Waals surface area contributed by atoms with Crippen molar-refractivity contribution < 1.29 is 13.2 Å². The second-order valence-electron chi connectivity index (χ2n) is 8.05. The van der Waals surface area contributed by atoms with Crippen LogP contribution >= 0.6 is 0 Å². The Labute approximate surface area is 169 Å². The van der Waals surface area contributed by atoms with Crippen molar-refractivity contribution in [1.82, 2.24) is 9.97 Å². The van der Waals surface area contributed by atoms with Crippen LogP contribution in [0.5, 0.6) is 0 Å². The smallest absolute Gasteiger partial charge is 0.239 e. The van der Waals surface area contributed by atoms with Gasteiger partial charge in [0.05, 0.1) is 17.0 Å². The van der Waals surface area contributed by atoms with E-state index in [1.807, 2.05) is 31.2 Å². The first-order valence-electron chi connectivity index (χ1n) is 9.72. The molecule has 1 aliphatic heterocycles. The Morgan fingerprint density at radius 1 is 1.21 bits per heavy atom. The second-order valence-corrected chi connectivity index (χ2v) is 10.1. The minimum Gasteiger partial charge on any atom is -0.292 e. The van der Waals surface area contributed by atoms with Crippen LogP contribution in [0.2, 0.25) is 0 Å². The molecule has 7 heteroatoms. The zero-order chi connectivity index (χ0) is 20.3. The summed E-state index contributed by atoms with van der Waals surface area (Å²) < 4.78 is 25.7. The molecule has 0 N–H and O–H groups in total. The van der Waals surface area contributed by atoms with E-state index in [0.717, 1.165) is 46.0 Å². The second kappa shape index (κ2) is 6.35. The summed E-state index contributed by atoms with van der Waals surface area (Å²) in [6.45, 7) is 1.91. The molecular weight excluding hydrogens is 386 g/mol. The molecular formula is C22H21N3O3S. The van der Waals surface area contributed by atoms with Crippen molar-refractivity contribution >= 4 is 32.4 Å². The molecule has 0 unspecified atom stereocenters. The van der Waals surface area contributed by atoms with Gasteiger partial charge in [-0.15, -0.1) is 0 Å². The highest BCUT2D eigenvalue weighted by Gasteiger charge is 2.30. The van der Waals surface area contributed by atoms with E-state index in [4.69, 9.17) is 4.98 Å². The van der Waals surface area contributed by atoms with Crippen molar-refractivity contribution in [3.8, 4) is 11.1 Å². The molecule has 0 atom stereocenters. The summed E-state index contributed by atoms with van der Waals surface area (Å²) in [5, 5.41) is 0.869. The molecule has 0 saturated heterocycles. The van der Waals surface area contributed by atoms with Gasteiger partial charge in [-0.3, -0.25) is 14.1 Å². The number of fused-ring (bicyclic) bond motifs is 2. The van der Waals surface area contributed by atoms with Gasteiger partial charge in [0.25, 0.3) is 0 Å². The first-order chi connectivity index (χ1) is 13.8. The summed E-state index contributed by atoms with van der Waals surface area (Å²) in [5.41, 5.74) is 5.23. The van der Waals surface area contributed by atoms with Crippen molar-refractivity contribution in [1.29, 1.82) is 0 Å².